The highest BCUT2D eigenvalue weighted by Crippen LogP contribution is 2.29. The van der Waals surface area contributed by atoms with E-state index in [1.54, 1.807) is 24.3 Å². The fourth-order valence-corrected chi connectivity index (χ4v) is 2.60. The van der Waals surface area contributed by atoms with Crippen LogP contribution in [-0.2, 0) is 10.8 Å². The van der Waals surface area contributed by atoms with Crippen LogP contribution in [0.15, 0.2) is 29.2 Å². The normalized spacial score (nSPS) is 17.9. The zero-order valence-corrected chi connectivity index (χ0v) is 8.41. The van der Waals surface area contributed by atoms with Crippen LogP contribution < -0.4 is 5.46 Å². The summed E-state index contributed by atoms with van der Waals surface area (Å²) in [5.41, 5.74) is 0.432. The summed E-state index contributed by atoms with van der Waals surface area (Å²) in [5, 5.41) is 18.0. The van der Waals surface area contributed by atoms with Crippen molar-refractivity contribution >= 4 is 23.4 Å². The van der Waals surface area contributed by atoms with E-state index in [0.717, 1.165) is 17.7 Å². The van der Waals surface area contributed by atoms with Gasteiger partial charge in [-0.1, -0.05) is 12.1 Å². The highest BCUT2D eigenvalue weighted by atomic mass is 32.2. The number of rotatable bonds is 3. The molecule has 1 aliphatic carbocycles. The minimum atomic E-state index is -1.45. The van der Waals surface area contributed by atoms with E-state index >= 15 is 0 Å². The minimum absolute atomic E-state index is 0.319. The molecule has 1 aliphatic rings. The monoisotopic (exact) mass is 210 g/mol. The Morgan fingerprint density at radius 2 is 1.79 bits per heavy atom. The van der Waals surface area contributed by atoms with Crippen LogP contribution in [-0.4, -0.2) is 26.6 Å². The summed E-state index contributed by atoms with van der Waals surface area (Å²) < 4.78 is 11.7. The van der Waals surface area contributed by atoms with E-state index in [-0.39, 0.29) is 0 Å². The molecule has 1 fully saturated rings. The predicted molar refractivity (Wildman–Crippen MR) is 55.7 cm³/mol. The highest BCUT2D eigenvalue weighted by molar-refractivity contribution is 7.86. The molecule has 0 unspecified atom stereocenters. The van der Waals surface area contributed by atoms with Gasteiger partial charge in [-0.25, -0.2) is 0 Å². The van der Waals surface area contributed by atoms with Gasteiger partial charge in [-0.15, -0.1) is 0 Å². The fourth-order valence-electron chi connectivity index (χ4n) is 1.25. The zero-order chi connectivity index (χ0) is 10.1. The van der Waals surface area contributed by atoms with Crippen LogP contribution in [0.5, 0.6) is 0 Å². The maximum atomic E-state index is 11.7. The molecule has 0 radical (unpaired) electrons. The van der Waals surface area contributed by atoms with Crippen molar-refractivity contribution in [1.82, 2.24) is 0 Å². The van der Waals surface area contributed by atoms with Gasteiger partial charge in [-0.2, -0.15) is 0 Å². The Morgan fingerprint density at radius 1 is 1.21 bits per heavy atom. The molecular weight excluding hydrogens is 199 g/mol. The topological polar surface area (TPSA) is 57.5 Å². The molecule has 0 saturated heterocycles. The SMILES string of the molecule is O=[S@@](c1ccc(B(O)O)cc1)C1CC1. The van der Waals surface area contributed by atoms with Gasteiger partial charge in [0.15, 0.2) is 0 Å². The molecule has 1 atom stereocenters. The summed E-state index contributed by atoms with van der Waals surface area (Å²) in [6.45, 7) is 0. The molecule has 1 saturated carbocycles. The third kappa shape index (κ3) is 2.05. The lowest BCUT2D eigenvalue weighted by molar-refractivity contribution is 0.425. The Hall–Kier alpha value is -0.645. The van der Waals surface area contributed by atoms with Crippen molar-refractivity contribution in [3.8, 4) is 0 Å². The second kappa shape index (κ2) is 3.84. The summed E-state index contributed by atoms with van der Waals surface area (Å²) >= 11 is 0. The average molecular weight is 210 g/mol. The van der Waals surface area contributed by atoms with Gasteiger partial charge in [-0.3, -0.25) is 4.21 Å². The largest absolute Gasteiger partial charge is 0.488 e. The third-order valence-electron chi connectivity index (χ3n) is 2.24. The summed E-state index contributed by atoms with van der Waals surface area (Å²) in [4.78, 5) is 0.775. The molecule has 1 aromatic rings. The average Bonchev–Trinajstić information content (AvgIpc) is 3.00. The lowest BCUT2D eigenvalue weighted by Gasteiger charge is -2.02. The second-order valence-corrected chi connectivity index (χ2v) is 5.17. The number of benzene rings is 1. The van der Waals surface area contributed by atoms with Crippen molar-refractivity contribution in [3.05, 3.63) is 24.3 Å². The van der Waals surface area contributed by atoms with Gasteiger partial charge in [0, 0.05) is 10.1 Å². The van der Waals surface area contributed by atoms with Crippen molar-refractivity contribution in [2.75, 3.05) is 0 Å². The van der Waals surface area contributed by atoms with E-state index in [0.29, 0.717) is 10.7 Å². The minimum Gasteiger partial charge on any atom is -0.423 e. The van der Waals surface area contributed by atoms with Crippen LogP contribution in [0, 0.1) is 0 Å². The molecule has 0 bridgehead atoms. The first-order valence-electron chi connectivity index (χ1n) is 4.55. The van der Waals surface area contributed by atoms with Crippen LogP contribution in [0.4, 0.5) is 0 Å². The molecule has 3 nitrogen and oxygen atoms in total. The van der Waals surface area contributed by atoms with E-state index < -0.39 is 17.9 Å². The lowest BCUT2D eigenvalue weighted by atomic mass is 9.81. The van der Waals surface area contributed by atoms with Gasteiger partial charge in [0.2, 0.25) is 0 Å². The van der Waals surface area contributed by atoms with Crippen LogP contribution in [0.25, 0.3) is 0 Å². The van der Waals surface area contributed by atoms with Crippen LogP contribution in [0.1, 0.15) is 12.8 Å². The third-order valence-corrected chi connectivity index (χ3v) is 4.05. The first kappa shape index (κ1) is 9.89. The Kier molecular flexibility index (Phi) is 2.72. The quantitative estimate of drug-likeness (QED) is 0.669. The molecule has 1 aromatic carbocycles. The molecule has 0 amide bonds. The first-order valence-corrected chi connectivity index (χ1v) is 5.76. The second-order valence-electron chi connectivity index (χ2n) is 3.44. The molecule has 0 spiro atoms. The first-order chi connectivity index (χ1) is 6.68. The van der Waals surface area contributed by atoms with Crippen molar-refractivity contribution in [1.29, 1.82) is 0 Å². The molecular formula is C9H11BO3S. The van der Waals surface area contributed by atoms with E-state index in [4.69, 9.17) is 10.0 Å². The Bertz CT molecular complexity index is 346. The zero-order valence-electron chi connectivity index (χ0n) is 7.59. The summed E-state index contributed by atoms with van der Waals surface area (Å²) in [7, 11) is -2.35. The Labute approximate surface area is 85.4 Å². The summed E-state index contributed by atoms with van der Waals surface area (Å²) in [5.74, 6) is 0. The maximum absolute atomic E-state index is 11.7. The molecule has 0 aromatic heterocycles. The van der Waals surface area contributed by atoms with E-state index in [9.17, 15) is 4.21 Å². The highest BCUT2D eigenvalue weighted by Gasteiger charge is 2.29. The van der Waals surface area contributed by atoms with Crippen LogP contribution in [0.3, 0.4) is 0 Å². The summed E-state index contributed by atoms with van der Waals surface area (Å²) in [6, 6.07) is 6.59. The number of hydrogen-bond donors (Lipinski definition) is 2. The lowest BCUT2D eigenvalue weighted by Crippen LogP contribution is -2.29. The fraction of sp³-hybridized carbons (Fsp3) is 0.333. The van der Waals surface area contributed by atoms with Crippen molar-refractivity contribution in [2.45, 2.75) is 23.0 Å². The standard InChI is InChI=1S/C9H11BO3S/c11-10(12)7-1-3-8(4-2-7)14(13)9-5-6-9/h1-4,9,11-12H,5-6H2/t14-/m0/s1. The molecule has 0 heterocycles. The maximum Gasteiger partial charge on any atom is 0.488 e. The molecule has 2 N–H and O–H groups in total. The molecule has 2 rings (SSSR count). The molecule has 74 valence electrons. The smallest absolute Gasteiger partial charge is 0.423 e. The van der Waals surface area contributed by atoms with Gasteiger partial charge in [0.1, 0.15) is 0 Å². The van der Waals surface area contributed by atoms with E-state index in [1.165, 1.54) is 0 Å². The van der Waals surface area contributed by atoms with Gasteiger partial charge in [0.05, 0.1) is 10.8 Å². The summed E-state index contributed by atoms with van der Waals surface area (Å²) in [6.07, 6.45) is 2.08. The Balaban J connectivity index is 2.16. The van der Waals surface area contributed by atoms with Crippen molar-refractivity contribution < 1.29 is 14.3 Å². The molecule has 0 aliphatic heterocycles. The van der Waals surface area contributed by atoms with Gasteiger partial charge >= 0.3 is 7.12 Å². The Morgan fingerprint density at radius 3 is 2.21 bits per heavy atom. The van der Waals surface area contributed by atoms with Crippen LogP contribution in [0.2, 0.25) is 0 Å². The van der Waals surface area contributed by atoms with E-state index in [1.807, 2.05) is 0 Å². The van der Waals surface area contributed by atoms with Gasteiger partial charge < -0.3 is 10.0 Å². The van der Waals surface area contributed by atoms with E-state index in [2.05, 4.69) is 0 Å². The molecule has 14 heavy (non-hydrogen) atoms. The van der Waals surface area contributed by atoms with Crippen LogP contribution >= 0.6 is 0 Å². The van der Waals surface area contributed by atoms with Gasteiger partial charge in [0.25, 0.3) is 0 Å². The van der Waals surface area contributed by atoms with Gasteiger partial charge in [-0.05, 0) is 30.4 Å². The number of hydrogen-bond acceptors (Lipinski definition) is 3. The van der Waals surface area contributed by atoms with Crippen molar-refractivity contribution in [3.63, 3.8) is 0 Å². The molecule has 5 heteroatoms. The predicted octanol–water partition coefficient (Wildman–Crippen LogP) is -0.364. The van der Waals surface area contributed by atoms with Crippen molar-refractivity contribution in [2.24, 2.45) is 0 Å².